The molecule has 0 atom stereocenters. The Bertz CT molecular complexity index is 1420. The number of aromatic nitrogens is 12. The zero-order valence-electron chi connectivity index (χ0n) is 21.5. The maximum atomic E-state index is 7.26. The van der Waals surface area contributed by atoms with Crippen molar-refractivity contribution in [1.29, 1.82) is 10.5 Å². The van der Waals surface area contributed by atoms with Gasteiger partial charge in [0.2, 0.25) is 0 Å². The molecule has 6 heterocycles. The van der Waals surface area contributed by atoms with Gasteiger partial charge in [0.1, 0.15) is 11.6 Å². The molecule has 41 heavy (non-hydrogen) atoms. The third-order valence-electron chi connectivity index (χ3n) is 4.58. The summed E-state index contributed by atoms with van der Waals surface area (Å²) >= 11 is 4.22. The van der Waals surface area contributed by atoms with Gasteiger partial charge in [0.15, 0.2) is 23.3 Å². The average Bonchev–Trinajstić information content (AvgIpc) is 3.78. The third kappa shape index (κ3) is 9.90. The van der Waals surface area contributed by atoms with Crippen LogP contribution in [0.5, 0.6) is 0 Å². The summed E-state index contributed by atoms with van der Waals surface area (Å²) < 4.78 is 6.78. The quantitative estimate of drug-likeness (QED) is 0.244. The van der Waals surface area contributed by atoms with E-state index in [1.807, 2.05) is 75.0 Å². The molecule has 0 aliphatic heterocycles. The van der Waals surface area contributed by atoms with Gasteiger partial charge in [0, 0.05) is 61.7 Å². The number of hydrogen-bond donors (Lipinski definition) is 0. The van der Waals surface area contributed by atoms with Gasteiger partial charge >= 0.3 is 69.6 Å². The molecule has 206 valence electrons. The molecule has 0 radical (unpaired) electrons. The van der Waals surface area contributed by atoms with E-state index in [4.69, 9.17) is 10.5 Å². The van der Waals surface area contributed by atoms with E-state index in [0.29, 0.717) is 11.6 Å². The topological polar surface area (TPSA) is 170 Å². The molecule has 14 nitrogen and oxygen atoms in total. The van der Waals surface area contributed by atoms with Gasteiger partial charge in [-0.1, -0.05) is 0 Å². The van der Waals surface area contributed by atoms with Crippen LogP contribution in [0.3, 0.4) is 0 Å². The van der Waals surface area contributed by atoms with Crippen molar-refractivity contribution in [3.63, 3.8) is 0 Å². The first kappa shape index (κ1) is 32.7. The van der Waals surface area contributed by atoms with Crippen LogP contribution in [-0.2, 0) is 17.1 Å². The number of hydrogen-bond acceptors (Lipinski definition) is 10. The molecule has 6 rings (SSSR count). The van der Waals surface area contributed by atoms with Crippen LogP contribution in [0.4, 0.5) is 0 Å². The Balaban J connectivity index is 0.000000236. The van der Waals surface area contributed by atoms with Gasteiger partial charge < -0.3 is 0 Å². The maximum Gasteiger partial charge on any atom is 2.00 e. The summed E-state index contributed by atoms with van der Waals surface area (Å²) in [5.41, 5.74) is 0. The smallest absolute Gasteiger partial charge is 2.00 e. The fourth-order valence-corrected chi connectivity index (χ4v) is 3.16. The Morgan fingerprint density at radius 3 is 0.927 bits per heavy atom. The molecule has 0 amide bonds. The summed E-state index contributed by atoms with van der Waals surface area (Å²) in [4.78, 5) is 20.6. The summed E-state index contributed by atoms with van der Waals surface area (Å²) in [5, 5.41) is 31.1. The van der Waals surface area contributed by atoms with Crippen molar-refractivity contribution in [3.05, 3.63) is 97.6 Å². The normalized spacial score (nSPS) is 9.17. The van der Waals surface area contributed by atoms with E-state index in [0.717, 1.165) is 23.3 Å². The summed E-state index contributed by atoms with van der Waals surface area (Å²) in [6, 6.07) is 11.1. The van der Waals surface area contributed by atoms with E-state index in [-0.39, 0.29) is 17.1 Å². The second-order valence-electron chi connectivity index (χ2n) is 7.25. The fraction of sp³-hybridized carbons (Fsp3) is 0.0833. The number of nitriles is 2. The molecule has 0 fully saturated rings. The molecule has 0 N–H and O–H groups in total. The number of rotatable bonds is 4. The molecule has 0 spiro atoms. The molecule has 0 bridgehead atoms. The predicted molar refractivity (Wildman–Crippen MR) is 145 cm³/mol. The van der Waals surface area contributed by atoms with E-state index in [9.17, 15) is 0 Å². The second-order valence-corrected chi connectivity index (χ2v) is 8.01. The minimum Gasteiger partial charge on any atom is 2.00 e. The van der Waals surface area contributed by atoms with E-state index >= 15 is 0 Å². The first-order valence-corrected chi connectivity index (χ1v) is 12.9. The zero-order chi connectivity index (χ0) is 28.7. The van der Waals surface area contributed by atoms with Crippen LogP contribution in [0.15, 0.2) is 86.0 Å². The Labute approximate surface area is 262 Å². The van der Waals surface area contributed by atoms with Crippen LogP contribution in [-0.4, -0.2) is 91.1 Å². The molecular formula is C24H20FeN14Se2. The molecular weight excluding hydrogens is 698 g/mol. The largest absolute Gasteiger partial charge is 2.00 e. The SMILES string of the molecule is Cc1nc(-n2cccn2)cc(-n2cccn2)n1.Cc1nc(-n2cccn2)cc(-n2cccn2)n1.N#C[Se-].N#C[Se-].[Fe+2]. The van der Waals surface area contributed by atoms with E-state index in [2.05, 4.69) is 72.4 Å². The Kier molecular flexibility index (Phi) is 13.8. The molecule has 0 unspecified atom stereocenters. The van der Waals surface area contributed by atoms with Crippen LogP contribution in [0.2, 0.25) is 0 Å². The number of aryl methyl sites for hydroxylation is 2. The molecule has 17 heteroatoms. The molecule has 0 aromatic carbocycles. The van der Waals surface area contributed by atoms with Crippen molar-refractivity contribution >= 4 is 32.0 Å². The van der Waals surface area contributed by atoms with Crippen LogP contribution in [0, 0.1) is 34.3 Å². The number of nitrogens with zero attached hydrogens (tertiary/aromatic N) is 14. The van der Waals surface area contributed by atoms with Gasteiger partial charge in [-0.3, -0.25) is 0 Å². The van der Waals surface area contributed by atoms with Crippen molar-refractivity contribution in [2.24, 2.45) is 0 Å². The van der Waals surface area contributed by atoms with Gasteiger partial charge in [-0.15, -0.1) is 0 Å². The molecule has 0 aliphatic rings. The van der Waals surface area contributed by atoms with Crippen LogP contribution in [0.1, 0.15) is 11.6 Å². The predicted octanol–water partition coefficient (Wildman–Crippen LogP) is 1.58. The van der Waals surface area contributed by atoms with Crippen molar-refractivity contribution < 1.29 is 17.1 Å². The molecule has 0 saturated carbocycles. The Morgan fingerprint density at radius 2 is 0.756 bits per heavy atom. The monoisotopic (exact) mass is 720 g/mol. The van der Waals surface area contributed by atoms with Gasteiger partial charge in [0.25, 0.3) is 0 Å². The van der Waals surface area contributed by atoms with Crippen molar-refractivity contribution in [1.82, 2.24) is 59.1 Å². The molecule has 0 aliphatic carbocycles. The van der Waals surface area contributed by atoms with Gasteiger partial charge in [-0.25, -0.2) is 38.7 Å². The summed E-state index contributed by atoms with van der Waals surface area (Å²) in [5.74, 6) is 4.29. The zero-order valence-corrected chi connectivity index (χ0v) is 26.0. The van der Waals surface area contributed by atoms with Gasteiger partial charge in [-0.05, 0) is 38.1 Å². The first-order chi connectivity index (χ1) is 19.5. The van der Waals surface area contributed by atoms with E-state index in [1.165, 1.54) is 0 Å². The summed E-state index contributed by atoms with van der Waals surface area (Å²) in [6.07, 6.45) is 14.2. The fourth-order valence-electron chi connectivity index (χ4n) is 3.16. The van der Waals surface area contributed by atoms with E-state index in [1.54, 1.807) is 53.4 Å². The van der Waals surface area contributed by atoms with Crippen molar-refractivity contribution in [2.45, 2.75) is 13.8 Å². The molecule has 6 aromatic heterocycles. The standard InChI is InChI=1S/2C11H10N6.2CHNSe.Fe/c2*1-9-14-10(16-6-2-4-12-16)8-11(15-9)17-7-3-5-13-17;2*2-1-3;/h2*2-8H,1H3;2*3H;/q;;;;+2/p-2. The van der Waals surface area contributed by atoms with Gasteiger partial charge in [-0.2, -0.15) is 20.4 Å². The van der Waals surface area contributed by atoms with Crippen LogP contribution >= 0.6 is 0 Å². The van der Waals surface area contributed by atoms with Crippen LogP contribution < -0.4 is 0 Å². The Morgan fingerprint density at radius 1 is 0.537 bits per heavy atom. The second kappa shape index (κ2) is 17.3. The maximum absolute atomic E-state index is 7.26. The minimum absolute atomic E-state index is 0. The third-order valence-corrected chi connectivity index (χ3v) is 4.58. The van der Waals surface area contributed by atoms with E-state index < -0.39 is 0 Å². The van der Waals surface area contributed by atoms with Gasteiger partial charge in [0.05, 0.1) is 0 Å². The molecule has 0 saturated heterocycles. The van der Waals surface area contributed by atoms with Crippen LogP contribution in [0.25, 0.3) is 23.3 Å². The summed E-state index contributed by atoms with van der Waals surface area (Å²) in [7, 11) is 0. The van der Waals surface area contributed by atoms with Crippen molar-refractivity contribution in [2.75, 3.05) is 0 Å². The molecule has 6 aromatic rings. The van der Waals surface area contributed by atoms with Crippen molar-refractivity contribution in [3.8, 4) is 33.2 Å². The first-order valence-electron chi connectivity index (χ1n) is 11.2. The summed E-state index contributed by atoms with van der Waals surface area (Å²) in [6.45, 7) is 3.69. The average molecular weight is 718 g/mol. The Hall–Kier alpha value is -4.46. The minimum atomic E-state index is 0.